The van der Waals surface area contributed by atoms with Crippen molar-refractivity contribution in [3.63, 3.8) is 0 Å². The molecule has 4 aromatic carbocycles. The Bertz CT molecular complexity index is 697. The minimum Gasteiger partial charge on any atom is -0.748 e. The molecule has 0 spiro atoms. The van der Waals surface area contributed by atoms with E-state index in [4.69, 9.17) is 0 Å². The fourth-order valence-corrected chi connectivity index (χ4v) is 2.77. The van der Waals surface area contributed by atoms with E-state index in [2.05, 4.69) is 84.9 Å². The van der Waals surface area contributed by atoms with Crippen LogP contribution in [-0.2, 0) is 16.8 Å². The van der Waals surface area contributed by atoms with Crippen LogP contribution < -0.4 is 0 Å². The third-order valence-electron chi connectivity index (χ3n) is 3.84. The monoisotopic (exact) mass is 355 g/mol. The molecule has 0 bridgehead atoms. The molecule has 4 aromatic rings. The molecule has 127 valence electrons. The molecule has 0 nitrogen and oxygen atoms in total. The molecular formula is C23H20Co-6. The fraction of sp³-hybridized carbons (Fsp3) is 0.0435. The molecule has 0 atom stereocenters. The quantitative estimate of drug-likeness (QED) is 0.396. The molecular weight excluding hydrogens is 335 g/mol. The second-order valence-electron chi connectivity index (χ2n) is 5.43. The van der Waals surface area contributed by atoms with Crippen LogP contribution in [0.2, 0.25) is 0 Å². The van der Waals surface area contributed by atoms with Crippen molar-refractivity contribution in [3.8, 4) is 0 Å². The van der Waals surface area contributed by atoms with Gasteiger partial charge in [-0.05, 0) is 17.0 Å². The predicted octanol–water partition coefficient (Wildman–Crippen LogP) is 5.99. The topological polar surface area (TPSA) is 0 Å². The number of benzene rings is 2. The summed E-state index contributed by atoms with van der Waals surface area (Å²) in [6, 6.07) is 40.0. The third-order valence-corrected chi connectivity index (χ3v) is 3.84. The van der Waals surface area contributed by atoms with E-state index >= 15 is 0 Å². The van der Waals surface area contributed by atoms with Crippen LogP contribution in [0.3, 0.4) is 0 Å². The first-order valence-corrected chi connectivity index (χ1v) is 7.93. The van der Waals surface area contributed by atoms with Gasteiger partial charge in [-0.2, -0.15) is 12.1 Å². The molecule has 0 aliphatic heterocycles. The molecule has 0 amide bonds. The van der Waals surface area contributed by atoms with E-state index in [0.717, 1.165) is 0 Å². The van der Waals surface area contributed by atoms with Gasteiger partial charge in [0.25, 0.3) is 0 Å². The smallest absolute Gasteiger partial charge is 0 e. The molecule has 0 saturated carbocycles. The summed E-state index contributed by atoms with van der Waals surface area (Å²) in [7, 11) is 0. The molecule has 0 aliphatic carbocycles. The van der Waals surface area contributed by atoms with Gasteiger partial charge in [-0.15, -0.1) is 5.56 Å². The van der Waals surface area contributed by atoms with E-state index in [1.165, 1.54) is 16.7 Å². The van der Waals surface area contributed by atoms with Crippen LogP contribution in [0.4, 0.5) is 0 Å². The maximum atomic E-state index is 2.20. The second kappa shape index (κ2) is 9.71. The molecule has 0 N–H and O–H groups in total. The van der Waals surface area contributed by atoms with Gasteiger partial charge < -0.3 is 30.3 Å². The molecule has 0 saturated heterocycles. The minimum atomic E-state index is 0. The zero-order valence-electron chi connectivity index (χ0n) is 13.4. The molecule has 0 heterocycles. The molecule has 0 aromatic heterocycles. The van der Waals surface area contributed by atoms with E-state index in [1.54, 1.807) is 0 Å². The summed E-state index contributed by atoms with van der Waals surface area (Å²) in [5.74, 6) is 0.336. The number of rotatable bonds is 3. The Kier molecular flexibility index (Phi) is 7.28. The van der Waals surface area contributed by atoms with Gasteiger partial charge in [0.15, 0.2) is 0 Å². The number of hydrogen-bond acceptors (Lipinski definition) is 0. The first-order valence-electron chi connectivity index (χ1n) is 7.93. The van der Waals surface area contributed by atoms with Crippen molar-refractivity contribution in [2.45, 2.75) is 5.92 Å². The van der Waals surface area contributed by atoms with Gasteiger partial charge in [0.1, 0.15) is 0 Å². The molecule has 1 radical (unpaired) electrons. The summed E-state index contributed by atoms with van der Waals surface area (Å²) in [5.41, 5.74) is 4.04. The second-order valence-corrected chi connectivity index (χ2v) is 5.43. The van der Waals surface area contributed by atoms with Crippen molar-refractivity contribution in [2.24, 2.45) is 0 Å². The van der Waals surface area contributed by atoms with Crippen LogP contribution in [0.1, 0.15) is 22.6 Å². The van der Waals surface area contributed by atoms with Gasteiger partial charge in [0, 0.05) is 16.8 Å². The molecule has 4 rings (SSSR count). The van der Waals surface area contributed by atoms with Crippen molar-refractivity contribution >= 4 is 0 Å². The Hall–Kier alpha value is -2.35. The minimum absolute atomic E-state index is 0. The van der Waals surface area contributed by atoms with Crippen molar-refractivity contribution in [3.05, 3.63) is 132 Å². The summed E-state index contributed by atoms with van der Waals surface area (Å²) >= 11 is 0. The van der Waals surface area contributed by atoms with Gasteiger partial charge in [-0.25, -0.2) is 12.1 Å². The van der Waals surface area contributed by atoms with Gasteiger partial charge >= 0.3 is 0 Å². The van der Waals surface area contributed by atoms with E-state index in [-0.39, 0.29) is 16.8 Å². The van der Waals surface area contributed by atoms with Crippen LogP contribution >= 0.6 is 0 Å². The molecule has 0 aliphatic rings. The van der Waals surface area contributed by atoms with Crippen molar-refractivity contribution in [1.29, 1.82) is 0 Å². The summed E-state index contributed by atoms with van der Waals surface area (Å²) in [6.07, 6.45) is 0. The van der Waals surface area contributed by atoms with Gasteiger partial charge in [0.05, 0.1) is 0 Å². The van der Waals surface area contributed by atoms with Crippen LogP contribution in [-0.4, -0.2) is 0 Å². The Morgan fingerprint density at radius 1 is 0.542 bits per heavy atom. The first kappa shape index (κ1) is 18.0. The van der Waals surface area contributed by atoms with E-state index in [9.17, 15) is 0 Å². The fourth-order valence-electron chi connectivity index (χ4n) is 2.77. The van der Waals surface area contributed by atoms with Gasteiger partial charge in [-0.1, -0.05) is 60.7 Å². The van der Waals surface area contributed by atoms with Crippen molar-refractivity contribution in [1.82, 2.24) is 0 Å². The summed E-state index contributed by atoms with van der Waals surface area (Å²) in [4.78, 5) is 0. The molecule has 0 unspecified atom stereocenters. The van der Waals surface area contributed by atoms with E-state index in [1.807, 2.05) is 30.3 Å². The van der Waals surface area contributed by atoms with E-state index in [0.29, 0.717) is 5.92 Å². The third kappa shape index (κ3) is 4.82. The Morgan fingerprint density at radius 3 is 1.29 bits per heavy atom. The van der Waals surface area contributed by atoms with Crippen LogP contribution in [0.5, 0.6) is 0 Å². The van der Waals surface area contributed by atoms with E-state index < -0.39 is 0 Å². The summed E-state index contributed by atoms with van der Waals surface area (Å²) < 4.78 is 0. The maximum Gasteiger partial charge on any atom is 0 e. The van der Waals surface area contributed by atoms with Crippen LogP contribution in [0.15, 0.2) is 115 Å². The summed E-state index contributed by atoms with van der Waals surface area (Å²) in [6.45, 7) is 0. The van der Waals surface area contributed by atoms with Gasteiger partial charge in [0.2, 0.25) is 0 Å². The zero-order valence-corrected chi connectivity index (χ0v) is 14.4. The van der Waals surface area contributed by atoms with Crippen molar-refractivity contribution in [2.75, 3.05) is 0 Å². The van der Waals surface area contributed by atoms with Crippen LogP contribution in [0.25, 0.3) is 0 Å². The normalized spacial score (nSPS) is 9.71. The average Bonchev–Trinajstić information content (AvgIpc) is 3.34. The Morgan fingerprint density at radius 2 is 0.917 bits per heavy atom. The predicted molar refractivity (Wildman–Crippen MR) is 97.9 cm³/mol. The standard InChI is InChI=1S/C18H15.C5H5.Co/c1-3-9-15(10-4-1)18(17-13-7-8-14-17)16-11-5-2-6-12-16;1-2-4-5-3-1;/h1-14,18H;1-5H;/q-1;-5;. The Balaban J connectivity index is 0.000000300. The average molecular weight is 355 g/mol. The summed E-state index contributed by atoms with van der Waals surface area (Å²) in [5, 5.41) is 0. The van der Waals surface area contributed by atoms with Gasteiger partial charge in [-0.3, -0.25) is 0 Å². The largest absolute Gasteiger partial charge is 0.748 e. The SMILES string of the molecule is [Co].[cH-]1[cH-][cH-][cH-][cH-]1.c1ccc(C(c2ccccc2)[c-]2cccc2)cc1. The Labute approximate surface area is 154 Å². The van der Waals surface area contributed by atoms with Crippen molar-refractivity contribution < 1.29 is 16.8 Å². The maximum absolute atomic E-state index is 2.20. The molecule has 24 heavy (non-hydrogen) atoms. The zero-order chi connectivity index (χ0) is 15.7. The van der Waals surface area contributed by atoms with Crippen LogP contribution in [0, 0.1) is 0 Å². The molecule has 0 fully saturated rings. The number of hydrogen-bond donors (Lipinski definition) is 0. The molecule has 1 heteroatoms. The first-order chi connectivity index (χ1) is 11.4.